The molecule has 0 aromatic rings. The zero-order valence-electron chi connectivity index (χ0n) is 21.8. The Kier molecular flexibility index (Phi) is 14.4. The van der Waals surface area contributed by atoms with E-state index in [1.807, 2.05) is 0 Å². The van der Waals surface area contributed by atoms with Crippen LogP contribution in [0.25, 0.3) is 0 Å². The monoisotopic (exact) mass is 414 g/mol. The number of hydrogen-bond acceptors (Lipinski definition) is 0. The van der Waals surface area contributed by atoms with E-state index in [0.717, 1.165) is 25.7 Å². The standard InChI is InChI=1S/C30H54/c1-25(2)18-16-14-12-11-13-15-17-19-28(27(4)21-23-30(8,9)10)24-26(3)20-22-29(5,6)7/h15,17,28H,1,3-4,11-14,16,18-24H2,2,5-10H3. The summed E-state index contributed by atoms with van der Waals surface area (Å²) in [6.45, 7) is 29.0. The molecule has 0 amide bonds. The van der Waals surface area contributed by atoms with E-state index < -0.39 is 0 Å². The summed E-state index contributed by atoms with van der Waals surface area (Å²) in [7, 11) is 0. The molecule has 0 N–H and O–H groups in total. The van der Waals surface area contributed by atoms with Crippen molar-refractivity contribution < 1.29 is 0 Å². The molecule has 0 aliphatic rings. The molecule has 0 spiro atoms. The van der Waals surface area contributed by atoms with Gasteiger partial charge in [-0.25, -0.2) is 0 Å². The van der Waals surface area contributed by atoms with Gasteiger partial charge in [-0.1, -0.05) is 96.4 Å². The molecule has 30 heavy (non-hydrogen) atoms. The number of hydrogen-bond donors (Lipinski definition) is 0. The first-order chi connectivity index (χ1) is 13.8. The summed E-state index contributed by atoms with van der Waals surface area (Å²) in [5, 5.41) is 0. The van der Waals surface area contributed by atoms with Gasteiger partial charge >= 0.3 is 0 Å². The summed E-state index contributed by atoms with van der Waals surface area (Å²) < 4.78 is 0. The molecule has 0 aliphatic carbocycles. The first-order valence-electron chi connectivity index (χ1n) is 12.4. The van der Waals surface area contributed by atoms with Crippen LogP contribution in [0.3, 0.4) is 0 Å². The van der Waals surface area contributed by atoms with Crippen LogP contribution in [0, 0.1) is 16.7 Å². The van der Waals surface area contributed by atoms with E-state index in [4.69, 9.17) is 0 Å². The summed E-state index contributed by atoms with van der Waals surface area (Å²) in [5.41, 5.74) is 4.89. The molecule has 0 saturated heterocycles. The summed E-state index contributed by atoms with van der Waals surface area (Å²) in [4.78, 5) is 0. The van der Waals surface area contributed by atoms with Crippen LogP contribution in [0.1, 0.15) is 126 Å². The Morgan fingerprint density at radius 3 is 1.87 bits per heavy atom. The van der Waals surface area contributed by atoms with E-state index in [1.165, 1.54) is 68.1 Å². The number of rotatable bonds is 16. The molecular formula is C30H54. The maximum atomic E-state index is 4.50. The lowest BCUT2D eigenvalue weighted by molar-refractivity contribution is 0.364. The molecule has 0 heterocycles. The lowest BCUT2D eigenvalue weighted by Gasteiger charge is -2.25. The van der Waals surface area contributed by atoms with Gasteiger partial charge in [-0.3, -0.25) is 0 Å². The van der Waals surface area contributed by atoms with Gasteiger partial charge in [0.1, 0.15) is 0 Å². The lowest BCUT2D eigenvalue weighted by Crippen LogP contribution is -2.10. The molecular weight excluding hydrogens is 360 g/mol. The van der Waals surface area contributed by atoms with Crippen molar-refractivity contribution in [2.45, 2.75) is 126 Å². The van der Waals surface area contributed by atoms with E-state index in [0.29, 0.717) is 16.7 Å². The Balaban J connectivity index is 4.52. The van der Waals surface area contributed by atoms with Gasteiger partial charge in [0.15, 0.2) is 0 Å². The van der Waals surface area contributed by atoms with Gasteiger partial charge in [-0.2, -0.15) is 0 Å². The van der Waals surface area contributed by atoms with Crippen molar-refractivity contribution in [1.29, 1.82) is 0 Å². The van der Waals surface area contributed by atoms with Crippen LogP contribution in [0.4, 0.5) is 0 Å². The fourth-order valence-corrected chi connectivity index (χ4v) is 3.56. The highest BCUT2D eigenvalue weighted by Crippen LogP contribution is 2.32. The average molecular weight is 415 g/mol. The summed E-state index contributed by atoms with van der Waals surface area (Å²) in [6, 6.07) is 0. The number of unbranched alkanes of at least 4 members (excludes halogenated alkanes) is 4. The lowest BCUT2D eigenvalue weighted by atomic mass is 9.81. The summed E-state index contributed by atoms with van der Waals surface area (Å²) in [6.07, 6.45) is 19.4. The highest BCUT2D eigenvalue weighted by atomic mass is 14.2. The molecule has 1 unspecified atom stereocenters. The third-order valence-corrected chi connectivity index (χ3v) is 5.85. The molecule has 0 fully saturated rings. The fourth-order valence-electron chi connectivity index (χ4n) is 3.56. The van der Waals surface area contributed by atoms with E-state index in [2.05, 4.69) is 80.4 Å². The maximum Gasteiger partial charge on any atom is -0.0134 e. The van der Waals surface area contributed by atoms with Crippen LogP contribution < -0.4 is 0 Å². The molecule has 174 valence electrons. The maximum absolute atomic E-state index is 4.50. The first-order valence-corrected chi connectivity index (χ1v) is 12.4. The molecule has 0 aromatic heterocycles. The molecule has 0 nitrogen and oxygen atoms in total. The largest absolute Gasteiger partial charge is 0.100 e. The van der Waals surface area contributed by atoms with Crippen molar-refractivity contribution in [2.75, 3.05) is 0 Å². The van der Waals surface area contributed by atoms with Gasteiger partial charge in [-0.05, 0) is 87.9 Å². The van der Waals surface area contributed by atoms with Crippen molar-refractivity contribution in [3.8, 4) is 0 Å². The summed E-state index contributed by atoms with van der Waals surface area (Å²) in [5.74, 6) is 0.548. The molecule has 1 atom stereocenters. The Labute approximate surface area is 191 Å². The topological polar surface area (TPSA) is 0 Å². The SMILES string of the molecule is C=C(C)CCCCCCC=CCC(CC(=C)CCC(C)(C)C)C(=C)CCC(C)(C)C. The molecule has 0 rings (SSSR count). The Morgan fingerprint density at radius 1 is 0.733 bits per heavy atom. The van der Waals surface area contributed by atoms with E-state index in [9.17, 15) is 0 Å². The highest BCUT2D eigenvalue weighted by Gasteiger charge is 2.18. The zero-order chi connectivity index (χ0) is 23.2. The zero-order valence-corrected chi connectivity index (χ0v) is 21.8. The van der Waals surface area contributed by atoms with Gasteiger partial charge in [0.2, 0.25) is 0 Å². The Morgan fingerprint density at radius 2 is 1.30 bits per heavy atom. The van der Waals surface area contributed by atoms with Crippen LogP contribution in [-0.4, -0.2) is 0 Å². The fraction of sp³-hybridized carbons (Fsp3) is 0.733. The van der Waals surface area contributed by atoms with E-state index in [1.54, 1.807) is 0 Å². The van der Waals surface area contributed by atoms with Crippen LogP contribution in [0.5, 0.6) is 0 Å². The minimum Gasteiger partial charge on any atom is -0.100 e. The predicted octanol–water partition coefficient (Wildman–Crippen LogP) is 10.6. The smallest absolute Gasteiger partial charge is 0.0134 e. The van der Waals surface area contributed by atoms with Gasteiger partial charge < -0.3 is 0 Å². The minimum absolute atomic E-state index is 0.372. The van der Waals surface area contributed by atoms with Crippen molar-refractivity contribution >= 4 is 0 Å². The number of allylic oxidation sites excluding steroid dienone is 5. The Hall–Kier alpha value is -1.04. The van der Waals surface area contributed by atoms with E-state index in [-0.39, 0.29) is 0 Å². The predicted molar refractivity (Wildman–Crippen MR) is 140 cm³/mol. The third kappa shape index (κ3) is 19.0. The second-order valence-corrected chi connectivity index (χ2v) is 12.0. The Bertz CT molecular complexity index is 529. The third-order valence-electron chi connectivity index (χ3n) is 5.85. The second-order valence-electron chi connectivity index (χ2n) is 12.0. The molecule has 0 saturated carbocycles. The van der Waals surface area contributed by atoms with Crippen molar-refractivity contribution in [3.05, 3.63) is 48.6 Å². The second kappa shape index (κ2) is 14.9. The summed E-state index contributed by atoms with van der Waals surface area (Å²) >= 11 is 0. The van der Waals surface area contributed by atoms with Crippen LogP contribution >= 0.6 is 0 Å². The quantitative estimate of drug-likeness (QED) is 0.174. The average Bonchev–Trinajstić information content (AvgIpc) is 2.60. The first kappa shape index (κ1) is 29.0. The normalized spacial score (nSPS) is 13.6. The van der Waals surface area contributed by atoms with Crippen molar-refractivity contribution in [1.82, 2.24) is 0 Å². The molecule has 0 bridgehead atoms. The molecule has 0 heteroatoms. The van der Waals surface area contributed by atoms with E-state index >= 15 is 0 Å². The van der Waals surface area contributed by atoms with Crippen molar-refractivity contribution in [2.24, 2.45) is 16.7 Å². The van der Waals surface area contributed by atoms with Gasteiger partial charge in [0, 0.05) is 0 Å². The molecule has 0 aromatic carbocycles. The van der Waals surface area contributed by atoms with Crippen LogP contribution in [0.2, 0.25) is 0 Å². The van der Waals surface area contributed by atoms with Crippen LogP contribution in [-0.2, 0) is 0 Å². The van der Waals surface area contributed by atoms with Gasteiger partial charge in [-0.15, -0.1) is 6.58 Å². The van der Waals surface area contributed by atoms with Gasteiger partial charge in [0.25, 0.3) is 0 Å². The van der Waals surface area contributed by atoms with Crippen molar-refractivity contribution in [3.63, 3.8) is 0 Å². The minimum atomic E-state index is 0.372. The van der Waals surface area contributed by atoms with Gasteiger partial charge in [0.05, 0.1) is 0 Å². The molecule has 0 radical (unpaired) electrons. The highest BCUT2D eigenvalue weighted by molar-refractivity contribution is 5.10. The molecule has 0 aliphatic heterocycles. The van der Waals surface area contributed by atoms with Crippen LogP contribution in [0.15, 0.2) is 48.6 Å².